The second-order valence-corrected chi connectivity index (χ2v) is 5.34. The molecule has 0 unspecified atom stereocenters. The molecular weight excluding hydrogens is 242 g/mol. The van der Waals surface area contributed by atoms with Crippen molar-refractivity contribution in [2.75, 3.05) is 13.7 Å². The van der Waals surface area contributed by atoms with Crippen LogP contribution in [0.15, 0.2) is 0 Å². The summed E-state index contributed by atoms with van der Waals surface area (Å²) in [6.07, 6.45) is 6.57. The van der Waals surface area contributed by atoms with Crippen molar-refractivity contribution >= 4 is 11.9 Å². The molecule has 1 aliphatic heterocycles. The molecule has 1 aliphatic rings. The lowest BCUT2D eigenvalue weighted by Gasteiger charge is -2.36. The van der Waals surface area contributed by atoms with Crippen LogP contribution >= 0.6 is 0 Å². The van der Waals surface area contributed by atoms with E-state index in [-0.39, 0.29) is 23.8 Å². The lowest BCUT2D eigenvalue weighted by Crippen LogP contribution is -2.50. The lowest BCUT2D eigenvalue weighted by atomic mass is 9.93. The molecule has 4 heteroatoms. The summed E-state index contributed by atoms with van der Waals surface area (Å²) in [6.45, 7) is 4.90. The van der Waals surface area contributed by atoms with E-state index < -0.39 is 0 Å². The van der Waals surface area contributed by atoms with Gasteiger partial charge in [-0.25, -0.2) is 4.79 Å². The molecule has 19 heavy (non-hydrogen) atoms. The normalized spacial score (nSPS) is 19.6. The summed E-state index contributed by atoms with van der Waals surface area (Å²) in [6, 6.07) is -0.359. The fourth-order valence-electron chi connectivity index (χ4n) is 2.90. The number of methoxy groups -OCH3 is 1. The fraction of sp³-hybridized carbons (Fsp3) is 0.867. The SMILES string of the molecule is CCCC(CCC)C(=O)N1CCCC[C@@H]1C(=O)OC. The smallest absolute Gasteiger partial charge is 0.328 e. The van der Waals surface area contributed by atoms with Crippen LogP contribution in [0.25, 0.3) is 0 Å². The Hall–Kier alpha value is -1.06. The molecule has 0 aromatic rings. The molecule has 1 saturated heterocycles. The zero-order chi connectivity index (χ0) is 14.3. The number of nitrogens with zero attached hydrogens (tertiary/aromatic N) is 1. The summed E-state index contributed by atoms with van der Waals surface area (Å²) in [7, 11) is 1.40. The van der Waals surface area contributed by atoms with E-state index >= 15 is 0 Å². The maximum atomic E-state index is 12.6. The Morgan fingerprint density at radius 3 is 2.37 bits per heavy atom. The highest BCUT2D eigenvalue weighted by molar-refractivity contribution is 5.86. The largest absolute Gasteiger partial charge is 0.467 e. The Bertz CT molecular complexity index is 298. The van der Waals surface area contributed by atoms with Gasteiger partial charge in [-0.1, -0.05) is 26.7 Å². The van der Waals surface area contributed by atoms with Gasteiger partial charge >= 0.3 is 5.97 Å². The van der Waals surface area contributed by atoms with Gasteiger partial charge in [-0.3, -0.25) is 4.79 Å². The van der Waals surface area contributed by atoms with Crippen LogP contribution in [0.3, 0.4) is 0 Å². The van der Waals surface area contributed by atoms with Crippen molar-refractivity contribution in [1.82, 2.24) is 4.90 Å². The van der Waals surface area contributed by atoms with Gasteiger partial charge in [0.2, 0.25) is 5.91 Å². The first-order valence-corrected chi connectivity index (χ1v) is 7.53. The van der Waals surface area contributed by atoms with Gasteiger partial charge < -0.3 is 9.64 Å². The number of hydrogen-bond donors (Lipinski definition) is 0. The second-order valence-electron chi connectivity index (χ2n) is 5.34. The van der Waals surface area contributed by atoms with Gasteiger partial charge in [-0.15, -0.1) is 0 Å². The van der Waals surface area contributed by atoms with Gasteiger partial charge in [-0.05, 0) is 32.1 Å². The number of carbonyl (C=O) groups is 2. The molecule has 0 aliphatic carbocycles. The zero-order valence-corrected chi connectivity index (χ0v) is 12.5. The van der Waals surface area contributed by atoms with Gasteiger partial charge in [0.25, 0.3) is 0 Å². The summed E-state index contributed by atoms with van der Waals surface area (Å²) >= 11 is 0. The summed E-state index contributed by atoms with van der Waals surface area (Å²) in [5, 5.41) is 0. The Morgan fingerprint density at radius 2 is 1.84 bits per heavy atom. The molecule has 0 saturated carbocycles. The number of piperidine rings is 1. The van der Waals surface area contributed by atoms with Gasteiger partial charge in [0, 0.05) is 12.5 Å². The number of carbonyl (C=O) groups excluding carboxylic acids is 2. The summed E-state index contributed by atoms with van der Waals surface area (Å²) in [4.78, 5) is 26.2. The summed E-state index contributed by atoms with van der Waals surface area (Å²) < 4.78 is 4.84. The van der Waals surface area contributed by atoms with Crippen molar-refractivity contribution in [3.63, 3.8) is 0 Å². The molecule has 0 N–H and O–H groups in total. The number of hydrogen-bond acceptors (Lipinski definition) is 3. The molecule has 1 rings (SSSR count). The van der Waals surface area contributed by atoms with Gasteiger partial charge in [0.05, 0.1) is 7.11 Å². The Kier molecular flexibility index (Phi) is 6.89. The average Bonchev–Trinajstić information content (AvgIpc) is 2.45. The van der Waals surface area contributed by atoms with Crippen LogP contribution < -0.4 is 0 Å². The molecule has 0 aromatic carbocycles. The topological polar surface area (TPSA) is 46.6 Å². The van der Waals surface area contributed by atoms with E-state index in [0.717, 1.165) is 44.9 Å². The quantitative estimate of drug-likeness (QED) is 0.697. The van der Waals surface area contributed by atoms with E-state index in [9.17, 15) is 9.59 Å². The van der Waals surface area contributed by atoms with Crippen LogP contribution in [-0.4, -0.2) is 36.5 Å². The van der Waals surface area contributed by atoms with E-state index in [0.29, 0.717) is 6.54 Å². The first kappa shape index (κ1) is 16.0. The minimum absolute atomic E-state index is 0.0697. The van der Waals surface area contributed by atoms with E-state index in [1.165, 1.54) is 7.11 Å². The van der Waals surface area contributed by atoms with Crippen molar-refractivity contribution in [3.8, 4) is 0 Å². The van der Waals surface area contributed by atoms with E-state index in [1.54, 1.807) is 4.90 Å². The highest BCUT2D eigenvalue weighted by Gasteiger charge is 2.35. The number of ether oxygens (including phenoxy) is 1. The molecule has 1 atom stereocenters. The molecule has 1 amide bonds. The van der Waals surface area contributed by atoms with Crippen LogP contribution in [0.5, 0.6) is 0 Å². The maximum Gasteiger partial charge on any atom is 0.328 e. The van der Waals surface area contributed by atoms with Crippen molar-refractivity contribution in [1.29, 1.82) is 0 Å². The van der Waals surface area contributed by atoms with Crippen LogP contribution in [0, 0.1) is 5.92 Å². The maximum absolute atomic E-state index is 12.6. The van der Waals surface area contributed by atoms with Crippen LogP contribution in [0.2, 0.25) is 0 Å². The number of rotatable bonds is 6. The van der Waals surface area contributed by atoms with Crippen LogP contribution in [-0.2, 0) is 14.3 Å². The average molecular weight is 269 g/mol. The Morgan fingerprint density at radius 1 is 1.21 bits per heavy atom. The third kappa shape index (κ3) is 4.22. The molecule has 1 heterocycles. The lowest BCUT2D eigenvalue weighted by molar-refractivity contribution is -0.156. The molecule has 0 radical (unpaired) electrons. The predicted molar refractivity (Wildman–Crippen MR) is 74.7 cm³/mol. The fourth-order valence-corrected chi connectivity index (χ4v) is 2.90. The monoisotopic (exact) mass is 269 g/mol. The molecule has 110 valence electrons. The van der Waals surface area contributed by atoms with E-state index in [4.69, 9.17) is 4.74 Å². The van der Waals surface area contributed by atoms with E-state index in [2.05, 4.69) is 13.8 Å². The third-order valence-electron chi connectivity index (χ3n) is 3.88. The molecule has 0 bridgehead atoms. The molecular formula is C15H27NO3. The Balaban J connectivity index is 2.76. The van der Waals surface area contributed by atoms with Gasteiger partial charge in [-0.2, -0.15) is 0 Å². The number of amides is 1. The summed E-state index contributed by atoms with van der Waals surface area (Å²) in [5.41, 5.74) is 0. The molecule has 4 nitrogen and oxygen atoms in total. The Labute approximate surface area is 116 Å². The highest BCUT2D eigenvalue weighted by Crippen LogP contribution is 2.24. The minimum atomic E-state index is -0.359. The van der Waals surface area contributed by atoms with Crippen molar-refractivity contribution < 1.29 is 14.3 Å². The number of likely N-dealkylation sites (tertiary alicyclic amines) is 1. The molecule has 0 aromatic heterocycles. The first-order chi connectivity index (χ1) is 9.15. The van der Waals surface area contributed by atoms with Gasteiger partial charge in [0.1, 0.15) is 6.04 Å². The summed E-state index contributed by atoms with van der Waals surface area (Å²) in [5.74, 6) is -0.0427. The van der Waals surface area contributed by atoms with Crippen LogP contribution in [0.4, 0.5) is 0 Å². The van der Waals surface area contributed by atoms with Gasteiger partial charge in [0.15, 0.2) is 0 Å². The third-order valence-corrected chi connectivity index (χ3v) is 3.88. The molecule has 1 fully saturated rings. The molecule has 0 spiro atoms. The number of esters is 1. The van der Waals surface area contributed by atoms with Crippen LogP contribution in [0.1, 0.15) is 58.8 Å². The van der Waals surface area contributed by atoms with E-state index in [1.807, 2.05) is 0 Å². The predicted octanol–water partition coefficient (Wildman–Crippen LogP) is 2.76. The van der Waals surface area contributed by atoms with Crippen molar-refractivity contribution in [3.05, 3.63) is 0 Å². The highest BCUT2D eigenvalue weighted by atomic mass is 16.5. The first-order valence-electron chi connectivity index (χ1n) is 7.53. The second kappa shape index (κ2) is 8.18. The van der Waals surface area contributed by atoms with Crippen molar-refractivity contribution in [2.24, 2.45) is 5.92 Å². The van der Waals surface area contributed by atoms with Crippen molar-refractivity contribution in [2.45, 2.75) is 64.8 Å². The minimum Gasteiger partial charge on any atom is -0.467 e. The zero-order valence-electron chi connectivity index (χ0n) is 12.5. The standard InChI is InChI=1S/C15H27NO3/c1-4-8-12(9-5-2)14(17)16-11-7-6-10-13(16)15(18)19-3/h12-13H,4-11H2,1-3H3/t13-/m1/s1.